The van der Waals surface area contributed by atoms with E-state index in [9.17, 15) is 9.59 Å². The number of hydrogen-bond acceptors (Lipinski definition) is 6. The lowest BCUT2D eigenvalue weighted by atomic mass is 9.86. The summed E-state index contributed by atoms with van der Waals surface area (Å²) >= 11 is 1.48. The molecular formula is C15H16N2O5S. The molecule has 0 atom stereocenters. The summed E-state index contributed by atoms with van der Waals surface area (Å²) in [7, 11) is 0. The quantitative estimate of drug-likeness (QED) is 0.867. The van der Waals surface area contributed by atoms with E-state index >= 15 is 0 Å². The van der Waals surface area contributed by atoms with E-state index in [0.717, 1.165) is 4.88 Å². The zero-order chi connectivity index (χ0) is 16.3. The second kappa shape index (κ2) is 6.51. The average molecular weight is 336 g/mol. The number of aromatic nitrogens is 1. The highest BCUT2D eigenvalue weighted by Gasteiger charge is 2.37. The lowest BCUT2D eigenvalue weighted by Gasteiger charge is -2.36. The molecule has 7 nitrogen and oxygen atoms in total. The van der Waals surface area contributed by atoms with Crippen molar-refractivity contribution in [1.29, 1.82) is 0 Å². The minimum absolute atomic E-state index is 0.141. The van der Waals surface area contributed by atoms with Crippen molar-refractivity contribution in [1.82, 2.24) is 10.5 Å². The molecule has 0 bridgehead atoms. The third-order valence-corrected chi connectivity index (χ3v) is 4.71. The Morgan fingerprint density at radius 2 is 2.17 bits per heavy atom. The summed E-state index contributed by atoms with van der Waals surface area (Å²) in [6, 6.07) is 5.32. The maximum Gasteiger partial charge on any atom is 0.305 e. The Balaban J connectivity index is 1.75. The van der Waals surface area contributed by atoms with E-state index in [-0.39, 0.29) is 12.1 Å². The van der Waals surface area contributed by atoms with Gasteiger partial charge in [0.15, 0.2) is 11.5 Å². The number of hydrogen-bond donors (Lipinski definition) is 2. The molecule has 8 heteroatoms. The van der Waals surface area contributed by atoms with Crippen LogP contribution in [0.4, 0.5) is 0 Å². The van der Waals surface area contributed by atoms with Crippen molar-refractivity contribution in [3.63, 3.8) is 0 Å². The zero-order valence-corrected chi connectivity index (χ0v) is 13.1. The molecule has 1 amide bonds. The molecule has 1 aliphatic rings. The van der Waals surface area contributed by atoms with Crippen LogP contribution in [-0.2, 0) is 9.53 Å². The number of aliphatic carboxylic acids is 1. The van der Waals surface area contributed by atoms with Crippen LogP contribution in [0.3, 0.4) is 0 Å². The van der Waals surface area contributed by atoms with Crippen LogP contribution in [-0.4, -0.2) is 40.9 Å². The molecule has 0 radical (unpaired) electrons. The first-order valence-electron chi connectivity index (χ1n) is 7.21. The Hall–Kier alpha value is -2.19. The minimum Gasteiger partial charge on any atom is -0.481 e. The van der Waals surface area contributed by atoms with E-state index < -0.39 is 17.4 Å². The van der Waals surface area contributed by atoms with Crippen molar-refractivity contribution in [3.05, 3.63) is 29.3 Å². The van der Waals surface area contributed by atoms with E-state index in [1.807, 2.05) is 17.5 Å². The number of nitrogens with zero attached hydrogens (tertiary/aromatic N) is 1. The average Bonchev–Trinajstić information content (AvgIpc) is 3.18. The predicted octanol–water partition coefficient (Wildman–Crippen LogP) is 2.16. The molecule has 1 aliphatic heterocycles. The van der Waals surface area contributed by atoms with Crippen LogP contribution in [0.25, 0.3) is 10.6 Å². The Kier molecular flexibility index (Phi) is 4.44. The van der Waals surface area contributed by atoms with Crippen LogP contribution in [0, 0.1) is 0 Å². The SMILES string of the molecule is O=C(O)CC1(NC(=O)c2cc(-c3cccs3)on2)CCOCC1. The minimum atomic E-state index is -0.952. The molecule has 0 aliphatic carbocycles. The van der Waals surface area contributed by atoms with E-state index in [2.05, 4.69) is 10.5 Å². The number of nitrogens with one attached hydrogen (secondary N) is 1. The highest BCUT2D eigenvalue weighted by atomic mass is 32.1. The van der Waals surface area contributed by atoms with Crippen molar-refractivity contribution in [2.24, 2.45) is 0 Å². The summed E-state index contributed by atoms with van der Waals surface area (Å²) in [6.45, 7) is 0.847. The van der Waals surface area contributed by atoms with Gasteiger partial charge in [0.05, 0.1) is 16.8 Å². The van der Waals surface area contributed by atoms with Gasteiger partial charge in [-0.3, -0.25) is 9.59 Å². The summed E-state index contributed by atoms with van der Waals surface area (Å²) < 4.78 is 10.5. The van der Waals surface area contributed by atoms with Crippen molar-refractivity contribution in [2.75, 3.05) is 13.2 Å². The van der Waals surface area contributed by atoms with Crippen molar-refractivity contribution in [3.8, 4) is 10.6 Å². The van der Waals surface area contributed by atoms with Gasteiger partial charge in [-0.25, -0.2) is 0 Å². The normalized spacial score (nSPS) is 16.9. The number of carbonyl (C=O) groups is 2. The van der Waals surface area contributed by atoms with Gasteiger partial charge in [0.2, 0.25) is 0 Å². The van der Waals surface area contributed by atoms with Gasteiger partial charge in [-0.2, -0.15) is 0 Å². The van der Waals surface area contributed by atoms with Crippen LogP contribution < -0.4 is 5.32 Å². The van der Waals surface area contributed by atoms with Gasteiger partial charge in [-0.1, -0.05) is 11.2 Å². The Morgan fingerprint density at radius 1 is 1.39 bits per heavy atom. The summed E-state index contributed by atoms with van der Waals surface area (Å²) in [5.41, 5.74) is -0.659. The summed E-state index contributed by atoms with van der Waals surface area (Å²) in [5, 5.41) is 17.6. The fraction of sp³-hybridized carbons (Fsp3) is 0.400. The third kappa shape index (κ3) is 3.59. The van der Waals surface area contributed by atoms with E-state index in [1.165, 1.54) is 11.3 Å². The van der Waals surface area contributed by atoms with Crippen LogP contribution >= 0.6 is 11.3 Å². The lowest BCUT2D eigenvalue weighted by molar-refractivity contribution is -0.139. The Bertz CT molecular complexity index is 689. The topological polar surface area (TPSA) is 102 Å². The van der Waals surface area contributed by atoms with E-state index in [4.69, 9.17) is 14.4 Å². The standard InChI is InChI=1S/C15H16N2O5S/c18-13(19)9-15(3-5-21-6-4-15)16-14(20)10-8-11(22-17-10)12-2-1-7-23-12/h1-2,7-8H,3-6,9H2,(H,16,20)(H,18,19). The number of ether oxygens (including phenoxy) is 1. The first-order chi connectivity index (χ1) is 11.1. The molecule has 1 fully saturated rings. The maximum absolute atomic E-state index is 12.4. The summed E-state index contributed by atoms with van der Waals surface area (Å²) in [4.78, 5) is 24.4. The van der Waals surface area contributed by atoms with E-state index in [1.54, 1.807) is 6.07 Å². The van der Waals surface area contributed by atoms with Crippen molar-refractivity contribution < 1.29 is 24.0 Å². The first kappa shape index (κ1) is 15.7. The number of carbonyl (C=O) groups excluding carboxylic acids is 1. The van der Waals surface area contributed by atoms with Gasteiger partial charge in [0, 0.05) is 19.3 Å². The zero-order valence-electron chi connectivity index (χ0n) is 12.3. The monoisotopic (exact) mass is 336 g/mol. The fourth-order valence-electron chi connectivity index (χ4n) is 2.62. The van der Waals surface area contributed by atoms with Crippen LogP contribution in [0.5, 0.6) is 0 Å². The lowest BCUT2D eigenvalue weighted by Crippen LogP contribution is -2.53. The Morgan fingerprint density at radius 3 is 2.83 bits per heavy atom. The molecule has 1 saturated heterocycles. The van der Waals surface area contributed by atoms with Gasteiger partial charge in [-0.15, -0.1) is 11.3 Å². The second-order valence-corrected chi connectivity index (χ2v) is 6.42. The van der Waals surface area contributed by atoms with Crippen LogP contribution in [0.2, 0.25) is 0 Å². The smallest absolute Gasteiger partial charge is 0.305 e. The molecular weight excluding hydrogens is 320 g/mol. The maximum atomic E-state index is 12.4. The molecule has 23 heavy (non-hydrogen) atoms. The largest absolute Gasteiger partial charge is 0.481 e. The molecule has 2 N–H and O–H groups in total. The van der Waals surface area contributed by atoms with Gasteiger partial charge < -0.3 is 19.7 Å². The second-order valence-electron chi connectivity index (χ2n) is 5.47. The van der Waals surface area contributed by atoms with Crippen molar-refractivity contribution in [2.45, 2.75) is 24.8 Å². The molecule has 122 valence electrons. The van der Waals surface area contributed by atoms with Gasteiger partial charge in [0.25, 0.3) is 5.91 Å². The molecule has 0 unspecified atom stereocenters. The summed E-state index contributed by atoms with van der Waals surface area (Å²) in [5.74, 6) is -0.865. The van der Waals surface area contributed by atoms with E-state index in [0.29, 0.717) is 31.8 Å². The number of amides is 1. The van der Waals surface area contributed by atoms with Gasteiger partial charge in [0.1, 0.15) is 0 Å². The molecule has 0 saturated carbocycles. The fourth-order valence-corrected chi connectivity index (χ4v) is 3.29. The molecule has 2 aromatic rings. The van der Waals surface area contributed by atoms with Gasteiger partial charge in [-0.05, 0) is 24.3 Å². The van der Waals surface area contributed by atoms with Crippen molar-refractivity contribution >= 4 is 23.2 Å². The third-order valence-electron chi connectivity index (χ3n) is 3.83. The number of rotatable bonds is 5. The molecule has 3 heterocycles. The highest BCUT2D eigenvalue weighted by molar-refractivity contribution is 7.13. The Labute approximate surface area is 136 Å². The molecule has 0 aromatic carbocycles. The molecule has 3 rings (SSSR count). The number of carboxylic acid groups (broad SMARTS) is 1. The molecule has 2 aromatic heterocycles. The first-order valence-corrected chi connectivity index (χ1v) is 8.09. The predicted molar refractivity (Wildman–Crippen MR) is 82.3 cm³/mol. The van der Waals surface area contributed by atoms with Crippen LogP contribution in [0.15, 0.2) is 28.1 Å². The number of thiophene rings is 1. The number of carboxylic acids is 1. The van der Waals surface area contributed by atoms with Gasteiger partial charge >= 0.3 is 5.97 Å². The van der Waals surface area contributed by atoms with Crippen LogP contribution in [0.1, 0.15) is 29.8 Å². The highest BCUT2D eigenvalue weighted by Crippen LogP contribution is 2.27. The summed E-state index contributed by atoms with van der Waals surface area (Å²) in [6.07, 6.45) is 0.777. The molecule has 0 spiro atoms.